The van der Waals surface area contributed by atoms with Crippen LogP contribution in [0.4, 0.5) is 0 Å². The molecular formula is C16H19NO3. The summed E-state index contributed by atoms with van der Waals surface area (Å²) in [6.45, 7) is 5.02. The van der Waals surface area contributed by atoms with Gasteiger partial charge in [0.25, 0.3) is 0 Å². The normalized spacial score (nSPS) is 22.0. The fourth-order valence-electron chi connectivity index (χ4n) is 3.04. The van der Waals surface area contributed by atoms with Gasteiger partial charge in [-0.1, -0.05) is 6.07 Å². The van der Waals surface area contributed by atoms with Crippen LogP contribution in [0.5, 0.6) is 0 Å². The molecule has 0 saturated carbocycles. The standard InChI is InChI=1S/C16H19NO3/c1-16(2)9-11(5-6-20-16)10-3-4-13-12(7-10)8-14(17-13)15(18)19/h3-4,7-8,11,17H,5-6,9H2,1-2H3,(H,18,19). The Balaban J connectivity index is 1.94. The first-order valence-electron chi connectivity index (χ1n) is 6.94. The number of aromatic amines is 1. The maximum absolute atomic E-state index is 11.0. The molecule has 1 aliphatic rings. The van der Waals surface area contributed by atoms with Gasteiger partial charge in [-0.05, 0) is 56.4 Å². The number of hydrogen-bond donors (Lipinski definition) is 2. The van der Waals surface area contributed by atoms with Gasteiger partial charge in [0.15, 0.2) is 0 Å². The first kappa shape index (κ1) is 13.2. The van der Waals surface area contributed by atoms with Crippen LogP contribution < -0.4 is 0 Å². The number of benzene rings is 1. The largest absolute Gasteiger partial charge is 0.477 e. The van der Waals surface area contributed by atoms with Crippen molar-refractivity contribution in [2.45, 2.75) is 38.2 Å². The molecule has 1 aliphatic heterocycles. The van der Waals surface area contributed by atoms with Gasteiger partial charge in [0, 0.05) is 17.5 Å². The average Bonchev–Trinajstić information content (AvgIpc) is 2.80. The first-order chi connectivity index (χ1) is 9.44. The Morgan fingerprint density at radius 2 is 2.20 bits per heavy atom. The quantitative estimate of drug-likeness (QED) is 0.879. The lowest BCUT2D eigenvalue weighted by atomic mass is 9.83. The number of carbonyl (C=O) groups is 1. The molecule has 0 spiro atoms. The highest BCUT2D eigenvalue weighted by molar-refractivity contribution is 5.93. The maximum Gasteiger partial charge on any atom is 0.352 e. The minimum absolute atomic E-state index is 0.0811. The van der Waals surface area contributed by atoms with Crippen molar-refractivity contribution < 1.29 is 14.6 Å². The summed E-state index contributed by atoms with van der Waals surface area (Å²) in [6, 6.07) is 7.87. The number of aromatic nitrogens is 1. The maximum atomic E-state index is 11.0. The van der Waals surface area contributed by atoms with Gasteiger partial charge in [-0.2, -0.15) is 0 Å². The number of hydrogen-bond acceptors (Lipinski definition) is 2. The smallest absolute Gasteiger partial charge is 0.352 e. The van der Waals surface area contributed by atoms with Gasteiger partial charge in [0.05, 0.1) is 5.60 Å². The Morgan fingerprint density at radius 1 is 1.40 bits per heavy atom. The molecular weight excluding hydrogens is 254 g/mol. The van der Waals surface area contributed by atoms with Crippen molar-refractivity contribution in [1.82, 2.24) is 4.98 Å². The van der Waals surface area contributed by atoms with Crippen molar-refractivity contribution in [3.05, 3.63) is 35.5 Å². The van der Waals surface area contributed by atoms with Crippen LogP contribution in [0.2, 0.25) is 0 Å². The third-order valence-corrected chi connectivity index (χ3v) is 4.04. The molecule has 0 radical (unpaired) electrons. The molecule has 1 saturated heterocycles. The molecule has 0 amide bonds. The van der Waals surface area contributed by atoms with Crippen molar-refractivity contribution in [2.24, 2.45) is 0 Å². The van der Waals surface area contributed by atoms with E-state index in [0.717, 1.165) is 30.4 Å². The molecule has 4 nitrogen and oxygen atoms in total. The molecule has 4 heteroatoms. The van der Waals surface area contributed by atoms with Crippen LogP contribution >= 0.6 is 0 Å². The van der Waals surface area contributed by atoms with E-state index >= 15 is 0 Å². The number of nitrogens with one attached hydrogen (secondary N) is 1. The number of carboxylic acids is 1. The van der Waals surface area contributed by atoms with E-state index in [4.69, 9.17) is 9.84 Å². The zero-order chi connectivity index (χ0) is 14.3. The number of fused-ring (bicyclic) bond motifs is 1. The van der Waals surface area contributed by atoms with E-state index in [1.807, 2.05) is 6.07 Å². The zero-order valence-electron chi connectivity index (χ0n) is 11.8. The van der Waals surface area contributed by atoms with Crippen molar-refractivity contribution in [1.29, 1.82) is 0 Å². The SMILES string of the molecule is CC1(C)CC(c2ccc3[nH]c(C(=O)O)cc3c2)CCO1. The molecule has 106 valence electrons. The summed E-state index contributed by atoms with van der Waals surface area (Å²) < 4.78 is 5.76. The van der Waals surface area contributed by atoms with Crippen molar-refractivity contribution in [3.8, 4) is 0 Å². The van der Waals surface area contributed by atoms with Crippen LogP contribution in [0, 0.1) is 0 Å². The van der Waals surface area contributed by atoms with E-state index in [-0.39, 0.29) is 11.3 Å². The fraction of sp³-hybridized carbons (Fsp3) is 0.438. The average molecular weight is 273 g/mol. The lowest BCUT2D eigenvalue weighted by molar-refractivity contribution is -0.0592. The summed E-state index contributed by atoms with van der Waals surface area (Å²) in [4.78, 5) is 13.9. The van der Waals surface area contributed by atoms with Crippen LogP contribution in [0.1, 0.15) is 48.7 Å². The van der Waals surface area contributed by atoms with E-state index in [9.17, 15) is 4.79 Å². The number of aromatic carboxylic acids is 1. The second-order valence-electron chi connectivity index (χ2n) is 6.13. The molecule has 1 fully saturated rings. The summed E-state index contributed by atoms with van der Waals surface area (Å²) in [7, 11) is 0. The van der Waals surface area contributed by atoms with Crippen LogP contribution in [0.15, 0.2) is 24.3 Å². The summed E-state index contributed by atoms with van der Waals surface area (Å²) in [5.41, 5.74) is 2.30. The number of rotatable bonds is 2. The Hall–Kier alpha value is -1.81. The topological polar surface area (TPSA) is 62.3 Å². The molecule has 3 rings (SSSR count). The third kappa shape index (κ3) is 2.43. The lowest BCUT2D eigenvalue weighted by Crippen LogP contribution is -2.32. The molecule has 1 atom stereocenters. The third-order valence-electron chi connectivity index (χ3n) is 4.04. The molecule has 2 heterocycles. The van der Waals surface area contributed by atoms with Crippen LogP contribution in [-0.2, 0) is 4.74 Å². The van der Waals surface area contributed by atoms with Crippen molar-refractivity contribution in [3.63, 3.8) is 0 Å². The van der Waals surface area contributed by atoms with Crippen LogP contribution in [0.25, 0.3) is 10.9 Å². The number of ether oxygens (including phenoxy) is 1. The van der Waals surface area contributed by atoms with Gasteiger partial charge in [-0.15, -0.1) is 0 Å². The Kier molecular flexibility index (Phi) is 3.05. The highest BCUT2D eigenvalue weighted by atomic mass is 16.5. The van der Waals surface area contributed by atoms with Gasteiger partial charge in [-0.25, -0.2) is 4.79 Å². The molecule has 2 N–H and O–H groups in total. The van der Waals surface area contributed by atoms with E-state index in [0.29, 0.717) is 5.92 Å². The minimum Gasteiger partial charge on any atom is -0.477 e. The molecule has 0 bridgehead atoms. The summed E-state index contributed by atoms with van der Waals surface area (Å²) in [5.74, 6) is -0.443. The Labute approximate surface area is 117 Å². The molecule has 1 aromatic heterocycles. The first-order valence-corrected chi connectivity index (χ1v) is 6.94. The fourth-order valence-corrected chi connectivity index (χ4v) is 3.04. The summed E-state index contributed by atoms with van der Waals surface area (Å²) in [5, 5.41) is 9.99. The highest BCUT2D eigenvalue weighted by Crippen LogP contribution is 2.36. The Morgan fingerprint density at radius 3 is 2.90 bits per heavy atom. The van der Waals surface area contributed by atoms with Gasteiger partial charge in [0.1, 0.15) is 5.69 Å². The minimum atomic E-state index is -0.921. The van der Waals surface area contributed by atoms with Crippen LogP contribution in [-0.4, -0.2) is 28.3 Å². The predicted molar refractivity (Wildman–Crippen MR) is 77.3 cm³/mol. The zero-order valence-corrected chi connectivity index (χ0v) is 11.8. The van der Waals surface area contributed by atoms with Gasteiger partial charge < -0.3 is 14.8 Å². The second-order valence-corrected chi connectivity index (χ2v) is 6.13. The Bertz CT molecular complexity index is 657. The van der Waals surface area contributed by atoms with E-state index < -0.39 is 5.97 Å². The van der Waals surface area contributed by atoms with Crippen molar-refractivity contribution >= 4 is 16.9 Å². The molecule has 1 unspecified atom stereocenters. The molecule has 20 heavy (non-hydrogen) atoms. The number of H-pyrrole nitrogens is 1. The lowest BCUT2D eigenvalue weighted by Gasteiger charge is -2.35. The predicted octanol–water partition coefficient (Wildman–Crippen LogP) is 3.54. The summed E-state index contributed by atoms with van der Waals surface area (Å²) in [6.07, 6.45) is 2.01. The van der Waals surface area contributed by atoms with Crippen LogP contribution in [0.3, 0.4) is 0 Å². The van der Waals surface area contributed by atoms with E-state index in [1.165, 1.54) is 5.56 Å². The second kappa shape index (κ2) is 4.63. The van der Waals surface area contributed by atoms with E-state index in [1.54, 1.807) is 6.07 Å². The van der Waals surface area contributed by atoms with E-state index in [2.05, 4.69) is 31.0 Å². The number of carboxylic acid groups (broad SMARTS) is 1. The van der Waals surface area contributed by atoms with Gasteiger partial charge >= 0.3 is 5.97 Å². The monoisotopic (exact) mass is 273 g/mol. The van der Waals surface area contributed by atoms with Gasteiger partial charge in [0.2, 0.25) is 0 Å². The van der Waals surface area contributed by atoms with Gasteiger partial charge in [-0.3, -0.25) is 0 Å². The summed E-state index contributed by atoms with van der Waals surface area (Å²) >= 11 is 0. The molecule has 1 aromatic carbocycles. The highest BCUT2D eigenvalue weighted by Gasteiger charge is 2.29. The molecule has 0 aliphatic carbocycles. The molecule has 2 aromatic rings. The van der Waals surface area contributed by atoms with Crippen molar-refractivity contribution in [2.75, 3.05) is 6.61 Å².